The van der Waals surface area contributed by atoms with Crippen LogP contribution in [0.4, 0.5) is 19.2 Å². The van der Waals surface area contributed by atoms with Crippen molar-refractivity contribution in [1.82, 2.24) is 78.9 Å². The Bertz CT molecular complexity index is 4290. The van der Waals surface area contributed by atoms with E-state index in [1.165, 1.54) is 9.80 Å². The summed E-state index contributed by atoms with van der Waals surface area (Å²) in [6, 6.07) is -10.5. The van der Waals surface area contributed by atoms with Gasteiger partial charge in [-0.1, -0.05) is 51.4 Å². The molecule has 4 heterocycles. The number of nitrogens with zero attached hydrogens (tertiary/aromatic N) is 5. The normalized spacial score (nSPS) is 20.8. The summed E-state index contributed by atoms with van der Waals surface area (Å²) in [6.07, 6.45) is -15.8. The first-order valence-electron chi connectivity index (χ1n) is 47.5. The van der Waals surface area contributed by atoms with Gasteiger partial charge >= 0.3 is 48.3 Å². The lowest BCUT2D eigenvalue weighted by molar-refractivity contribution is -0.147. The number of aliphatic hydroxyl groups is 8. The number of rotatable bonds is 67. The van der Waals surface area contributed by atoms with Crippen molar-refractivity contribution in [3.05, 3.63) is 47.3 Å². The molecular formula is C86H144N26O36. The van der Waals surface area contributed by atoms with E-state index < -0.39 is 317 Å². The average molecular weight is 2120 g/mol. The molecule has 0 unspecified atom stereocenters. The van der Waals surface area contributed by atoms with Gasteiger partial charge in [0, 0.05) is 93.1 Å². The molecule has 0 aromatic heterocycles. The lowest BCUT2D eigenvalue weighted by Crippen LogP contribution is -2.65. The van der Waals surface area contributed by atoms with Crippen LogP contribution >= 0.6 is 0 Å². The molecule has 148 heavy (non-hydrogen) atoms. The summed E-state index contributed by atoms with van der Waals surface area (Å²) in [5.41, 5.74) is 39.0. The van der Waals surface area contributed by atoms with Gasteiger partial charge in [-0.05, 0) is 75.7 Å². The van der Waals surface area contributed by atoms with Gasteiger partial charge in [0.25, 0.3) is 0 Å². The molecule has 0 aromatic carbocycles. The maximum absolute atomic E-state index is 13.9. The number of carbonyl (C=O) groups is 16. The van der Waals surface area contributed by atoms with Gasteiger partial charge in [-0.2, -0.15) is 0 Å². The summed E-state index contributed by atoms with van der Waals surface area (Å²) in [5, 5.41) is 164. The van der Waals surface area contributed by atoms with E-state index >= 15 is 0 Å². The molecule has 0 saturated heterocycles. The summed E-state index contributed by atoms with van der Waals surface area (Å²) in [6.45, 7) is -1.34. The molecule has 4 aliphatic rings. The summed E-state index contributed by atoms with van der Waals surface area (Å²) in [7, 11) is 0. The fourth-order valence-corrected chi connectivity index (χ4v) is 15.6. The minimum Gasteiger partial charge on any atom is -0.477 e. The standard InChI is InChI=1S/C86H144N26O36/c1-43(117)103-63-47(107-79(87)88)31-55(75(129)130)141-71(63)67(51(121)39-113)145-83(137)99-25-17-9-5-13-21-95-59(125)35-111(36-60(126)96-22-14-6-10-18-26-100-84(138)146-68(52(122)40-114)72-64(104-44(2)118)48(108-80(89)90)32-56(142-72)76(131)132)29-30-112(37-61(127)97-23-15-7-11-19-27-101-85(139)147-69(53(123)41-115)73-65(105-45(3)119)49(109-81(91)92)33-57(143-73)77(133)134)38-62(128)98-24-16-8-12-20-28-102-86(140)148-70(54(124)42-116)74-66(106-46(4)120)50(110-82(93)94)34-58(144-74)78(135)136/h31-34,47-54,63-74,113-116,121-124H,5-30,35-42H2,1-4H3,(H,95,125)(H,96,126)(H,97,127)(H,98,128)(H,99,137)(H,100,138)(H,101,139)(H,102,140)(H,103,117)(H,104,118)(H,105,119)(H,106,120)(H,129,130)(H,131,132)(H,133,134)(H,135,136)(H4,87,88,107)(H4,89,90,108)(H4,91,92,109)(H4,93,94,110)/t47-,48-,49-,50-,51+,52+,53+,54+,63+,64+,65+,66+,67+,68+,69+,70+,71+,72+,73+,74+/m0/s1. The Balaban J connectivity index is 1.50. The molecule has 20 atom stereocenters. The molecule has 40 N–H and O–H groups in total. The van der Waals surface area contributed by atoms with Crippen LogP contribution in [0.3, 0.4) is 0 Å². The Hall–Kier alpha value is -14.4. The highest BCUT2D eigenvalue weighted by atomic mass is 16.6. The van der Waals surface area contributed by atoms with Crippen molar-refractivity contribution in [1.29, 1.82) is 5.41 Å². The lowest BCUT2D eigenvalue weighted by atomic mass is 9.92. The van der Waals surface area contributed by atoms with Crippen LogP contribution in [-0.2, 0) is 95.4 Å². The zero-order valence-corrected chi connectivity index (χ0v) is 82.3. The molecule has 0 aromatic rings. The number of carboxylic acids is 4. The molecule has 0 bridgehead atoms. The third-order valence-electron chi connectivity index (χ3n) is 22.3. The maximum Gasteiger partial charge on any atom is 0.407 e. The number of carbonyl (C=O) groups excluding carboxylic acids is 12. The number of unbranched alkanes of at least 4 members (excludes halogenated alkanes) is 12. The Morgan fingerprint density at radius 3 is 0.723 bits per heavy atom. The van der Waals surface area contributed by atoms with E-state index in [2.05, 4.69) is 84.1 Å². The number of aliphatic carboxylic acids is 4. The van der Waals surface area contributed by atoms with Crippen LogP contribution in [0.15, 0.2) is 62.3 Å². The summed E-state index contributed by atoms with van der Waals surface area (Å²) in [4.78, 5) is 221. The Kier molecular flexibility index (Phi) is 56.7. The van der Waals surface area contributed by atoms with Crippen LogP contribution in [0.1, 0.15) is 130 Å². The smallest absolute Gasteiger partial charge is 0.407 e. The number of amides is 12. The van der Waals surface area contributed by atoms with Gasteiger partial charge in [0.15, 0.2) is 72.7 Å². The number of hydrogen-bond donors (Lipinski definition) is 33. The highest BCUT2D eigenvalue weighted by Crippen LogP contribution is 2.32. The molecule has 0 fully saturated rings. The highest BCUT2D eigenvalue weighted by molar-refractivity contribution is 5.89. The molecule has 62 nitrogen and oxygen atoms in total. The molecule has 0 spiro atoms. The van der Waals surface area contributed by atoms with Crippen molar-refractivity contribution in [3.63, 3.8) is 0 Å². The molecule has 4 aliphatic heterocycles. The molecule has 0 saturated carbocycles. The second-order valence-electron chi connectivity index (χ2n) is 34.5. The highest BCUT2D eigenvalue weighted by Gasteiger charge is 2.52. The third-order valence-corrected chi connectivity index (χ3v) is 22.3. The Morgan fingerprint density at radius 2 is 0.527 bits per heavy atom. The van der Waals surface area contributed by atoms with Crippen molar-refractivity contribution in [2.24, 2.45) is 55.1 Å². The van der Waals surface area contributed by atoms with Gasteiger partial charge in [-0.25, -0.2) is 53.3 Å². The molecule has 834 valence electrons. The van der Waals surface area contributed by atoms with Gasteiger partial charge in [0.2, 0.25) is 70.3 Å². The van der Waals surface area contributed by atoms with Gasteiger partial charge in [-0.15, -0.1) is 0 Å². The number of ether oxygens (including phenoxy) is 8. The SMILES string of the molecule is CC(=O)N[C@H]1[C@H]([C@H](OC(=O)NCCCCCCNC(=O)CN(CCN(CC(=O)NCCCCCCNC(=O)O[C@@H]([C@@H]2OC(C(=O)O)=C[C@H](N=C(N)N)[C@H]2NC(C)=O)[C@H](O)CO)CC(=O)NCCCCCCNC(=O)O[C@@H]([C@@H]2OC(C(=O)O)=C[C@H](NC(=N)N)[C@H]2NC(C)=O)[C@H](O)CO)CC(=O)NCCCCCCNC(=O)O[C@@H]([C@@H]2OC(C(=O)O)=C[C@H](N=C(N)N)[C@H]2NC(C)=O)[C@H](O)CO)[C@H](O)CO)OC(C(=O)O)=C[C@@H]1N=C(N)N. The van der Waals surface area contributed by atoms with Gasteiger partial charge < -0.3 is 208 Å². The summed E-state index contributed by atoms with van der Waals surface area (Å²) >= 11 is 0. The Labute approximate surface area is 848 Å². The monoisotopic (exact) mass is 2120 g/mol. The van der Waals surface area contributed by atoms with Crippen LogP contribution < -0.4 is 109 Å². The number of guanidine groups is 4. The van der Waals surface area contributed by atoms with E-state index in [1.54, 1.807) is 0 Å². The van der Waals surface area contributed by atoms with Crippen LogP contribution in [0.25, 0.3) is 0 Å². The van der Waals surface area contributed by atoms with Crippen molar-refractivity contribution < 1.29 is 176 Å². The van der Waals surface area contributed by atoms with Gasteiger partial charge in [0.05, 0.1) is 101 Å². The first kappa shape index (κ1) is 126. The molecule has 0 radical (unpaired) electrons. The van der Waals surface area contributed by atoms with E-state index in [-0.39, 0.29) is 65.4 Å². The minimum absolute atomic E-state index is 0.0298. The zero-order chi connectivity index (χ0) is 110. The number of nitrogens with two attached hydrogens (primary N) is 7. The number of carboxylic acid groups (broad SMARTS) is 4. The minimum atomic E-state index is -1.90. The van der Waals surface area contributed by atoms with Crippen molar-refractivity contribution in [2.75, 3.05) is 118 Å². The van der Waals surface area contributed by atoms with Crippen LogP contribution in [0, 0.1) is 5.41 Å². The largest absolute Gasteiger partial charge is 0.477 e. The number of nitrogens with one attached hydrogen (secondary N) is 14. The van der Waals surface area contributed by atoms with E-state index in [1.807, 2.05) is 0 Å². The number of alkyl carbamates (subject to hydrolysis) is 4. The lowest BCUT2D eigenvalue weighted by Gasteiger charge is -2.41. The molecule has 0 aliphatic carbocycles. The van der Waals surface area contributed by atoms with Crippen molar-refractivity contribution in [3.8, 4) is 0 Å². The number of aliphatic hydroxyl groups excluding tert-OH is 8. The van der Waals surface area contributed by atoms with Crippen LogP contribution in [0.2, 0.25) is 0 Å². The zero-order valence-electron chi connectivity index (χ0n) is 82.3. The maximum atomic E-state index is 13.9. The molecule has 4 rings (SSSR count). The summed E-state index contributed by atoms with van der Waals surface area (Å²) < 4.78 is 44.1. The predicted octanol–water partition coefficient (Wildman–Crippen LogP) is -11.6. The van der Waals surface area contributed by atoms with Crippen LogP contribution in [-0.4, -0.2) is 430 Å². The quantitative estimate of drug-likeness (QED) is 0.0116. The van der Waals surface area contributed by atoms with Crippen molar-refractivity contribution in [2.45, 2.75) is 252 Å². The van der Waals surface area contributed by atoms with E-state index in [0.717, 1.165) is 52.0 Å². The molecule has 12 amide bonds. The second kappa shape index (κ2) is 66.6. The predicted molar refractivity (Wildman–Crippen MR) is 515 cm³/mol. The van der Waals surface area contributed by atoms with E-state index in [9.17, 15) is 138 Å². The summed E-state index contributed by atoms with van der Waals surface area (Å²) in [5.74, 6) is -16.5. The Morgan fingerprint density at radius 1 is 0.324 bits per heavy atom. The fourth-order valence-electron chi connectivity index (χ4n) is 15.6. The molecule has 62 heteroatoms. The van der Waals surface area contributed by atoms with E-state index in [0.29, 0.717) is 103 Å². The number of aliphatic imine (C=N–C) groups is 3. The topological polar surface area (TPSA) is 996 Å². The first-order chi connectivity index (χ1) is 70.1. The number of hydrogen-bond acceptors (Lipinski definition) is 38. The van der Waals surface area contributed by atoms with Gasteiger partial charge in [-0.3, -0.25) is 53.6 Å². The molecular weight excluding hydrogens is 1970 g/mol. The van der Waals surface area contributed by atoms with E-state index in [4.69, 9.17) is 83.4 Å². The van der Waals surface area contributed by atoms with Crippen molar-refractivity contribution >= 4 is 119 Å². The average Bonchev–Trinajstić information content (AvgIpc) is 0.801. The first-order valence-corrected chi connectivity index (χ1v) is 47.5. The fraction of sp³-hybridized carbons (Fsp3) is 0.674. The van der Waals surface area contributed by atoms with Gasteiger partial charge in [0.1, 0.15) is 24.4 Å². The second-order valence-corrected chi connectivity index (χ2v) is 34.5. The third kappa shape index (κ3) is 46.9. The van der Waals surface area contributed by atoms with Crippen LogP contribution in [0.5, 0.6) is 0 Å².